The molecule has 24 heavy (non-hydrogen) atoms. The highest BCUT2D eigenvalue weighted by molar-refractivity contribution is 6.68. The second kappa shape index (κ2) is 8.71. The van der Waals surface area contributed by atoms with Crippen molar-refractivity contribution in [2.45, 2.75) is 6.92 Å². The first kappa shape index (κ1) is 19.2. The highest BCUT2D eigenvalue weighted by Gasteiger charge is 2.10. The zero-order chi connectivity index (χ0) is 18.3. The van der Waals surface area contributed by atoms with Gasteiger partial charge in [0.05, 0.1) is 16.9 Å². The number of benzene rings is 1. The van der Waals surface area contributed by atoms with Crippen LogP contribution in [-0.2, 0) is 0 Å². The number of carbonyl (C=O) groups is 1. The first-order valence-corrected chi connectivity index (χ1v) is 7.21. The predicted octanol–water partition coefficient (Wildman–Crippen LogP) is 3.07. The number of aryl methyl sites for hydroxylation is 1. The molecule has 0 heterocycles. The van der Waals surface area contributed by atoms with Gasteiger partial charge < -0.3 is 10.8 Å². The van der Waals surface area contributed by atoms with E-state index in [-0.39, 0.29) is 16.4 Å². The van der Waals surface area contributed by atoms with Crippen molar-refractivity contribution in [3.8, 4) is 0 Å². The molecule has 0 bridgehead atoms. The molecule has 0 saturated heterocycles. The summed E-state index contributed by atoms with van der Waals surface area (Å²) in [5.74, 6) is 4.94. The molecule has 7 heteroatoms. The second-order valence-electron chi connectivity index (χ2n) is 4.74. The van der Waals surface area contributed by atoms with E-state index < -0.39 is 5.97 Å². The number of nitrogens with two attached hydrogens (primary N) is 2. The van der Waals surface area contributed by atoms with Gasteiger partial charge in [-0.25, -0.2) is 15.6 Å². The van der Waals surface area contributed by atoms with Crippen LogP contribution in [0.1, 0.15) is 15.9 Å². The summed E-state index contributed by atoms with van der Waals surface area (Å²) in [6.07, 6.45) is 5.75. The molecule has 0 atom stereocenters. The summed E-state index contributed by atoms with van der Waals surface area (Å²) in [5, 5.41) is 10.5. The molecular weight excluding hydrogens is 328 g/mol. The minimum absolute atomic E-state index is 0.125. The smallest absolute Gasteiger partial charge is 0.335 e. The molecule has 0 unspecified atom stereocenters. The summed E-state index contributed by atoms with van der Waals surface area (Å²) in [6, 6.07) is 4.63. The SMILES string of the molecule is C=CC(Cl)=N/C=C(C=C)/C(N)=C/N(N)c1cc(C(=O)O)ccc1C. The summed E-state index contributed by atoms with van der Waals surface area (Å²) >= 11 is 5.74. The van der Waals surface area contributed by atoms with E-state index in [1.165, 1.54) is 41.7 Å². The molecule has 0 aromatic heterocycles. The number of carboxylic acid groups (broad SMARTS) is 1. The van der Waals surface area contributed by atoms with E-state index in [1.807, 2.05) is 6.92 Å². The number of carboxylic acids is 1. The van der Waals surface area contributed by atoms with Crippen LogP contribution in [0.5, 0.6) is 0 Å². The Morgan fingerprint density at radius 1 is 1.38 bits per heavy atom. The van der Waals surface area contributed by atoms with E-state index in [1.54, 1.807) is 6.07 Å². The van der Waals surface area contributed by atoms with E-state index in [4.69, 9.17) is 28.3 Å². The zero-order valence-corrected chi connectivity index (χ0v) is 14.0. The Morgan fingerprint density at radius 2 is 2.04 bits per heavy atom. The van der Waals surface area contributed by atoms with Gasteiger partial charge >= 0.3 is 5.97 Å². The average Bonchev–Trinajstić information content (AvgIpc) is 2.54. The molecule has 0 saturated carbocycles. The van der Waals surface area contributed by atoms with Crippen LogP contribution in [0, 0.1) is 6.92 Å². The highest BCUT2D eigenvalue weighted by atomic mass is 35.5. The largest absolute Gasteiger partial charge is 0.478 e. The van der Waals surface area contributed by atoms with Crippen molar-refractivity contribution in [2.75, 3.05) is 5.01 Å². The quantitative estimate of drug-likeness (QED) is 0.304. The maximum absolute atomic E-state index is 11.1. The van der Waals surface area contributed by atoms with Crippen molar-refractivity contribution in [1.82, 2.24) is 0 Å². The van der Waals surface area contributed by atoms with Gasteiger partial charge in [0, 0.05) is 18.0 Å². The van der Waals surface area contributed by atoms with E-state index >= 15 is 0 Å². The van der Waals surface area contributed by atoms with Crippen LogP contribution >= 0.6 is 11.6 Å². The van der Waals surface area contributed by atoms with Crippen LogP contribution in [0.15, 0.2) is 72.2 Å². The minimum Gasteiger partial charge on any atom is -0.478 e. The lowest BCUT2D eigenvalue weighted by Crippen LogP contribution is -2.27. The first-order valence-electron chi connectivity index (χ1n) is 6.84. The molecular formula is C17H19ClN4O2. The lowest BCUT2D eigenvalue weighted by atomic mass is 10.1. The van der Waals surface area contributed by atoms with Crippen LogP contribution < -0.4 is 16.6 Å². The van der Waals surface area contributed by atoms with Gasteiger partial charge in [-0.15, -0.1) is 0 Å². The van der Waals surface area contributed by atoms with Crippen LogP contribution in [-0.4, -0.2) is 16.2 Å². The molecule has 0 aliphatic rings. The van der Waals surface area contributed by atoms with E-state index in [2.05, 4.69) is 18.2 Å². The third kappa shape index (κ3) is 5.12. The lowest BCUT2D eigenvalue weighted by Gasteiger charge is -2.18. The fourth-order valence-corrected chi connectivity index (χ4v) is 1.79. The third-order valence-electron chi connectivity index (χ3n) is 3.06. The topological polar surface area (TPSA) is 105 Å². The molecule has 0 aliphatic carbocycles. The maximum Gasteiger partial charge on any atom is 0.335 e. The van der Waals surface area contributed by atoms with Crippen LogP contribution in [0.25, 0.3) is 0 Å². The number of hydrazine groups is 1. The summed E-state index contributed by atoms with van der Waals surface area (Å²) in [7, 11) is 0. The average molecular weight is 347 g/mol. The van der Waals surface area contributed by atoms with Gasteiger partial charge in [-0.1, -0.05) is 36.9 Å². The molecule has 1 aromatic rings. The Morgan fingerprint density at radius 3 is 2.58 bits per heavy atom. The number of halogens is 1. The summed E-state index contributed by atoms with van der Waals surface area (Å²) in [5.41, 5.74) is 8.20. The van der Waals surface area contributed by atoms with Crippen molar-refractivity contribution in [3.63, 3.8) is 0 Å². The Kier molecular flexibility index (Phi) is 6.98. The number of hydrogen-bond donors (Lipinski definition) is 3. The van der Waals surface area contributed by atoms with Crippen LogP contribution in [0.4, 0.5) is 5.69 Å². The van der Waals surface area contributed by atoms with E-state index in [0.717, 1.165) is 5.56 Å². The summed E-state index contributed by atoms with van der Waals surface area (Å²) < 4.78 is 0. The molecule has 0 radical (unpaired) electrons. The number of nitrogens with zero attached hydrogens (tertiary/aromatic N) is 2. The normalized spacial score (nSPS) is 12.7. The molecule has 1 aromatic carbocycles. The zero-order valence-electron chi connectivity index (χ0n) is 13.2. The molecule has 5 N–H and O–H groups in total. The number of aliphatic imine (C=N–C) groups is 1. The number of rotatable bonds is 7. The van der Waals surface area contributed by atoms with Gasteiger partial charge in [-0.3, -0.25) is 5.01 Å². The predicted molar refractivity (Wildman–Crippen MR) is 98.8 cm³/mol. The van der Waals surface area contributed by atoms with Gasteiger partial charge in [0.1, 0.15) is 5.17 Å². The third-order valence-corrected chi connectivity index (χ3v) is 3.31. The Bertz CT molecular complexity index is 751. The monoisotopic (exact) mass is 346 g/mol. The standard InChI is InChI=1S/C17H19ClN4O2/c1-4-12(9-21-16(18)5-2)14(19)10-22(20)15-8-13(17(23)24)7-6-11(15)3/h4-10H,1-2,19-20H2,3H3,(H,23,24)/b12-9+,14-10-,21-16?. The van der Waals surface area contributed by atoms with Crippen molar-refractivity contribution >= 4 is 28.4 Å². The highest BCUT2D eigenvalue weighted by Crippen LogP contribution is 2.21. The first-order chi connectivity index (χ1) is 11.3. The lowest BCUT2D eigenvalue weighted by molar-refractivity contribution is 0.0697. The van der Waals surface area contributed by atoms with Gasteiger partial charge in [0.25, 0.3) is 0 Å². The van der Waals surface area contributed by atoms with Gasteiger partial charge in [-0.05, 0) is 30.7 Å². The Labute approximate surface area is 145 Å². The molecule has 1 rings (SSSR count). The van der Waals surface area contributed by atoms with Gasteiger partial charge in [-0.2, -0.15) is 0 Å². The molecule has 6 nitrogen and oxygen atoms in total. The fourth-order valence-electron chi connectivity index (χ4n) is 1.74. The minimum atomic E-state index is -1.04. The fraction of sp³-hybridized carbons (Fsp3) is 0.0588. The second-order valence-corrected chi connectivity index (χ2v) is 5.13. The maximum atomic E-state index is 11.1. The van der Waals surface area contributed by atoms with Crippen LogP contribution in [0.3, 0.4) is 0 Å². The number of aromatic carboxylic acids is 1. The van der Waals surface area contributed by atoms with Crippen molar-refractivity contribution in [2.24, 2.45) is 16.6 Å². The van der Waals surface area contributed by atoms with Gasteiger partial charge in [0.15, 0.2) is 0 Å². The van der Waals surface area contributed by atoms with Crippen LogP contribution in [0.2, 0.25) is 0 Å². The summed E-state index contributed by atoms with van der Waals surface area (Å²) in [6.45, 7) is 8.95. The van der Waals surface area contributed by atoms with E-state index in [9.17, 15) is 4.79 Å². The van der Waals surface area contributed by atoms with Crippen molar-refractivity contribution in [1.29, 1.82) is 0 Å². The number of allylic oxidation sites excluding steroid dienone is 2. The molecule has 0 aliphatic heterocycles. The molecule has 0 spiro atoms. The molecule has 0 fully saturated rings. The van der Waals surface area contributed by atoms with Crippen molar-refractivity contribution in [3.05, 3.63) is 78.3 Å². The molecule has 126 valence electrons. The summed E-state index contributed by atoms with van der Waals surface area (Å²) in [4.78, 5) is 15.0. The van der Waals surface area contributed by atoms with Gasteiger partial charge in [0.2, 0.25) is 0 Å². The Hall–Kier alpha value is -2.83. The number of hydrogen-bond acceptors (Lipinski definition) is 5. The molecule has 0 amide bonds. The van der Waals surface area contributed by atoms with E-state index in [0.29, 0.717) is 11.3 Å². The Balaban J connectivity index is 3.19. The van der Waals surface area contributed by atoms with Crippen molar-refractivity contribution < 1.29 is 9.90 Å². The number of anilines is 1.